The average Bonchev–Trinajstić information content (AvgIpc) is 2.94. The molecule has 0 bridgehead atoms. The van der Waals surface area contributed by atoms with Crippen LogP contribution in [0.1, 0.15) is 23.9 Å². The molecule has 2 rings (SSSR count). The molecule has 2 aromatic rings. The highest BCUT2D eigenvalue weighted by atomic mass is 32.1. The van der Waals surface area contributed by atoms with Crippen LogP contribution in [-0.2, 0) is 4.79 Å². The van der Waals surface area contributed by atoms with E-state index in [2.05, 4.69) is 28.2 Å². The smallest absolute Gasteiger partial charge is 0.303 e. The van der Waals surface area contributed by atoms with Crippen LogP contribution in [0.5, 0.6) is 5.75 Å². The van der Waals surface area contributed by atoms with Crippen molar-refractivity contribution in [1.82, 2.24) is 20.2 Å². The third kappa shape index (κ3) is 3.27. The van der Waals surface area contributed by atoms with Crippen molar-refractivity contribution in [2.75, 3.05) is 7.11 Å². The van der Waals surface area contributed by atoms with Crippen LogP contribution in [0.3, 0.4) is 0 Å². The van der Waals surface area contributed by atoms with Gasteiger partial charge in [0.05, 0.1) is 18.0 Å². The molecule has 106 valence electrons. The van der Waals surface area contributed by atoms with E-state index in [9.17, 15) is 4.79 Å². The lowest BCUT2D eigenvalue weighted by atomic mass is 10.2. The number of ether oxygens (including phenoxy) is 1. The highest BCUT2D eigenvalue weighted by molar-refractivity contribution is 7.80. The second-order valence-electron chi connectivity index (χ2n) is 4.10. The summed E-state index contributed by atoms with van der Waals surface area (Å²) in [5.74, 6) is 0.379. The van der Waals surface area contributed by atoms with Gasteiger partial charge in [0.15, 0.2) is 5.82 Å². The quantitative estimate of drug-likeness (QED) is 0.785. The third-order valence-electron chi connectivity index (χ3n) is 2.74. The number of benzene rings is 1. The standard InChI is InChI=1S/C12H14N4O3S/c1-19-9-4-2-8(3-5-9)16-12(13-14-15-16)10(20)6-7-11(17)18/h2-5,10,20H,6-7H2,1H3,(H,17,18). The van der Waals surface area contributed by atoms with Gasteiger partial charge in [-0.05, 0) is 41.1 Å². The number of carbonyl (C=O) groups is 1. The molecule has 1 heterocycles. The minimum absolute atomic E-state index is 0.0175. The van der Waals surface area contributed by atoms with Crippen molar-refractivity contribution >= 4 is 18.6 Å². The Morgan fingerprint density at radius 2 is 2.15 bits per heavy atom. The summed E-state index contributed by atoms with van der Waals surface area (Å²) < 4.78 is 6.63. The largest absolute Gasteiger partial charge is 0.497 e. The highest BCUT2D eigenvalue weighted by Gasteiger charge is 2.17. The first-order chi connectivity index (χ1) is 9.61. The molecule has 0 aliphatic heterocycles. The van der Waals surface area contributed by atoms with Gasteiger partial charge in [-0.1, -0.05) is 0 Å². The minimum atomic E-state index is -0.868. The fourth-order valence-electron chi connectivity index (χ4n) is 1.70. The molecular weight excluding hydrogens is 280 g/mol. The molecule has 0 fully saturated rings. The molecule has 0 saturated heterocycles. The molecule has 1 aromatic heterocycles. The van der Waals surface area contributed by atoms with Crippen molar-refractivity contribution in [2.45, 2.75) is 18.1 Å². The summed E-state index contributed by atoms with van der Waals surface area (Å²) in [6.45, 7) is 0. The number of thiol groups is 1. The predicted octanol–water partition coefficient (Wildman–Crippen LogP) is 1.51. The van der Waals surface area contributed by atoms with E-state index in [1.165, 1.54) is 0 Å². The molecule has 0 amide bonds. The maximum Gasteiger partial charge on any atom is 0.303 e. The van der Waals surface area contributed by atoms with Gasteiger partial charge in [-0.25, -0.2) is 0 Å². The maximum atomic E-state index is 10.6. The summed E-state index contributed by atoms with van der Waals surface area (Å²) in [6.07, 6.45) is 0.374. The van der Waals surface area contributed by atoms with Gasteiger partial charge in [-0.15, -0.1) is 5.10 Å². The van der Waals surface area contributed by atoms with E-state index in [1.807, 2.05) is 12.1 Å². The van der Waals surface area contributed by atoms with Gasteiger partial charge in [-0.2, -0.15) is 17.3 Å². The van der Waals surface area contributed by atoms with E-state index in [0.717, 1.165) is 11.4 Å². The van der Waals surface area contributed by atoms with Gasteiger partial charge in [-0.3, -0.25) is 4.79 Å². The van der Waals surface area contributed by atoms with Crippen LogP contribution in [0.2, 0.25) is 0 Å². The lowest BCUT2D eigenvalue weighted by Gasteiger charge is -2.10. The fraction of sp³-hybridized carbons (Fsp3) is 0.333. The molecule has 0 saturated carbocycles. The molecular formula is C12H14N4O3S. The molecule has 0 spiro atoms. The van der Waals surface area contributed by atoms with Crippen LogP contribution in [0.25, 0.3) is 5.69 Å². The third-order valence-corrected chi connectivity index (χ3v) is 3.23. The van der Waals surface area contributed by atoms with Crippen molar-refractivity contribution in [3.63, 3.8) is 0 Å². The topological polar surface area (TPSA) is 90.1 Å². The van der Waals surface area contributed by atoms with E-state index in [0.29, 0.717) is 12.2 Å². The predicted molar refractivity (Wildman–Crippen MR) is 74.3 cm³/mol. The normalized spacial score (nSPS) is 12.1. The van der Waals surface area contributed by atoms with Gasteiger partial charge in [0, 0.05) is 6.42 Å². The molecule has 7 nitrogen and oxygen atoms in total. The van der Waals surface area contributed by atoms with Crippen molar-refractivity contribution in [2.24, 2.45) is 0 Å². The Bertz CT molecular complexity index is 585. The lowest BCUT2D eigenvalue weighted by Crippen LogP contribution is -2.07. The Kier molecular flexibility index (Phi) is 4.57. The molecule has 8 heteroatoms. The van der Waals surface area contributed by atoms with Crippen LogP contribution in [0.15, 0.2) is 24.3 Å². The van der Waals surface area contributed by atoms with E-state index < -0.39 is 5.97 Å². The van der Waals surface area contributed by atoms with Crippen LogP contribution in [-0.4, -0.2) is 38.4 Å². The average molecular weight is 294 g/mol. The summed E-state index contributed by atoms with van der Waals surface area (Å²) in [5, 5.41) is 19.8. The SMILES string of the molecule is COc1ccc(-n2nnnc2C(S)CCC(=O)O)cc1. The summed E-state index contributed by atoms with van der Waals surface area (Å²) in [6, 6.07) is 7.23. The van der Waals surface area contributed by atoms with Crippen molar-refractivity contribution < 1.29 is 14.6 Å². The molecule has 20 heavy (non-hydrogen) atoms. The number of nitrogens with zero attached hydrogens (tertiary/aromatic N) is 4. The van der Waals surface area contributed by atoms with Crippen molar-refractivity contribution in [1.29, 1.82) is 0 Å². The Hall–Kier alpha value is -2.09. The van der Waals surface area contributed by atoms with E-state index >= 15 is 0 Å². The molecule has 0 aliphatic rings. The Morgan fingerprint density at radius 1 is 1.45 bits per heavy atom. The van der Waals surface area contributed by atoms with E-state index in [-0.39, 0.29) is 11.7 Å². The summed E-state index contributed by atoms with van der Waals surface area (Å²) in [4.78, 5) is 10.6. The van der Waals surface area contributed by atoms with E-state index in [1.54, 1.807) is 23.9 Å². The minimum Gasteiger partial charge on any atom is -0.497 e. The van der Waals surface area contributed by atoms with Crippen LogP contribution >= 0.6 is 12.6 Å². The first-order valence-corrected chi connectivity index (χ1v) is 6.46. The number of tetrazole rings is 1. The van der Waals surface area contributed by atoms with Crippen molar-refractivity contribution in [3.8, 4) is 11.4 Å². The van der Waals surface area contributed by atoms with Gasteiger partial charge >= 0.3 is 5.97 Å². The molecule has 1 unspecified atom stereocenters. The molecule has 0 radical (unpaired) electrons. The first-order valence-electron chi connectivity index (χ1n) is 5.94. The monoisotopic (exact) mass is 294 g/mol. The fourth-order valence-corrected chi connectivity index (χ4v) is 1.99. The van der Waals surface area contributed by atoms with Crippen molar-refractivity contribution in [3.05, 3.63) is 30.1 Å². The molecule has 1 aromatic carbocycles. The zero-order chi connectivity index (χ0) is 14.5. The van der Waals surface area contributed by atoms with Crippen LogP contribution in [0.4, 0.5) is 0 Å². The van der Waals surface area contributed by atoms with E-state index in [4.69, 9.17) is 9.84 Å². The number of hydrogen-bond acceptors (Lipinski definition) is 6. The second-order valence-corrected chi connectivity index (χ2v) is 4.72. The number of hydrogen-bond donors (Lipinski definition) is 2. The highest BCUT2D eigenvalue weighted by Crippen LogP contribution is 2.25. The van der Waals surface area contributed by atoms with Crippen LogP contribution in [0, 0.1) is 0 Å². The summed E-state index contributed by atoms with van der Waals surface area (Å²) >= 11 is 4.37. The number of methoxy groups -OCH3 is 1. The number of carboxylic acid groups (broad SMARTS) is 1. The Labute approximate surface area is 121 Å². The maximum absolute atomic E-state index is 10.6. The Morgan fingerprint density at radius 3 is 2.75 bits per heavy atom. The first kappa shape index (κ1) is 14.3. The summed E-state index contributed by atoms with van der Waals surface area (Å²) in [5.41, 5.74) is 0.764. The van der Waals surface area contributed by atoms with Crippen LogP contribution < -0.4 is 4.74 Å². The lowest BCUT2D eigenvalue weighted by molar-refractivity contribution is -0.137. The number of carboxylic acids is 1. The van der Waals surface area contributed by atoms with Gasteiger partial charge in [0.25, 0.3) is 0 Å². The summed E-state index contributed by atoms with van der Waals surface area (Å²) in [7, 11) is 1.59. The molecule has 1 atom stereocenters. The zero-order valence-electron chi connectivity index (χ0n) is 10.8. The number of aromatic nitrogens is 4. The second kappa shape index (κ2) is 6.38. The van der Waals surface area contributed by atoms with Gasteiger partial charge < -0.3 is 9.84 Å². The van der Waals surface area contributed by atoms with Gasteiger partial charge in [0.2, 0.25) is 0 Å². The number of rotatable bonds is 6. The molecule has 1 N–H and O–H groups in total. The zero-order valence-corrected chi connectivity index (χ0v) is 11.7. The molecule has 0 aliphatic carbocycles. The number of aliphatic carboxylic acids is 1. The Balaban J connectivity index is 2.20. The van der Waals surface area contributed by atoms with Gasteiger partial charge in [0.1, 0.15) is 5.75 Å².